The molecule has 4 rings (SSSR count). The quantitative estimate of drug-likeness (QED) is 0.159. The lowest BCUT2D eigenvalue weighted by molar-refractivity contribution is 0.0193. The molecule has 4 aromatic rings. The topological polar surface area (TPSA) is 146 Å². The van der Waals surface area contributed by atoms with E-state index in [0.29, 0.717) is 11.1 Å². The average Bonchev–Trinajstić information content (AvgIpc) is 2.91. The van der Waals surface area contributed by atoms with Crippen molar-refractivity contribution < 1.29 is 47.2 Å². The van der Waals surface area contributed by atoms with E-state index in [1.54, 1.807) is 41.5 Å². The predicted molar refractivity (Wildman–Crippen MR) is 166 cm³/mol. The van der Waals surface area contributed by atoms with Crippen LogP contribution in [0.15, 0.2) is 94.7 Å². The van der Waals surface area contributed by atoms with Gasteiger partial charge >= 0.3 is 12.3 Å². The standard InChI is InChI=1S/C34H34O10S/c1-33(2,3)43-31(37)41-25-15-17-29(27(19-25)21-7-11-23(35)12-8-21)45(39,40)30-18-16-26(42-32(38)44-34(4,5)6)20-28(30)22-9-13-24(36)14-10-22/h7-20,35-36H,1-6H3. The summed E-state index contributed by atoms with van der Waals surface area (Å²) < 4.78 is 50.0. The van der Waals surface area contributed by atoms with E-state index >= 15 is 0 Å². The van der Waals surface area contributed by atoms with Gasteiger partial charge in [-0.05, 0) is 113 Å². The van der Waals surface area contributed by atoms with Gasteiger partial charge in [0.2, 0.25) is 9.84 Å². The number of hydrogen-bond donors (Lipinski definition) is 2. The second kappa shape index (κ2) is 12.5. The van der Waals surface area contributed by atoms with E-state index in [0.717, 1.165) is 0 Å². The average molecular weight is 635 g/mol. The van der Waals surface area contributed by atoms with Crippen molar-refractivity contribution in [3.63, 3.8) is 0 Å². The Morgan fingerprint density at radius 2 is 0.889 bits per heavy atom. The van der Waals surface area contributed by atoms with Crippen molar-refractivity contribution in [2.24, 2.45) is 0 Å². The number of aromatic hydroxyl groups is 2. The van der Waals surface area contributed by atoms with Gasteiger partial charge in [-0.3, -0.25) is 0 Å². The maximum Gasteiger partial charge on any atom is 0.514 e. The van der Waals surface area contributed by atoms with Gasteiger partial charge in [-0.2, -0.15) is 0 Å². The number of rotatable bonds is 6. The van der Waals surface area contributed by atoms with Crippen molar-refractivity contribution in [3.05, 3.63) is 84.9 Å². The van der Waals surface area contributed by atoms with Gasteiger partial charge in [0.1, 0.15) is 34.2 Å². The molecule has 4 aromatic carbocycles. The van der Waals surface area contributed by atoms with Crippen LogP contribution in [0.5, 0.6) is 23.0 Å². The number of phenols is 2. The lowest BCUT2D eigenvalue weighted by Gasteiger charge is -2.20. The monoisotopic (exact) mass is 634 g/mol. The summed E-state index contributed by atoms with van der Waals surface area (Å²) >= 11 is 0. The van der Waals surface area contributed by atoms with Crippen LogP contribution in [-0.4, -0.2) is 42.1 Å². The molecule has 11 heteroatoms. The van der Waals surface area contributed by atoms with E-state index in [2.05, 4.69) is 0 Å². The second-order valence-electron chi connectivity index (χ2n) is 12.0. The normalized spacial score (nSPS) is 11.9. The van der Waals surface area contributed by atoms with Crippen molar-refractivity contribution in [2.75, 3.05) is 0 Å². The molecule has 0 aromatic heterocycles. The molecule has 0 bridgehead atoms. The summed E-state index contributed by atoms with van der Waals surface area (Å²) in [5.41, 5.74) is -0.438. The first-order chi connectivity index (χ1) is 20.9. The van der Waals surface area contributed by atoms with Crippen LogP contribution in [0.1, 0.15) is 41.5 Å². The summed E-state index contributed by atoms with van der Waals surface area (Å²) in [4.78, 5) is 24.5. The number of carbonyl (C=O) groups excluding carboxylic acids is 2. The molecular weight excluding hydrogens is 600 g/mol. The first kappa shape index (κ1) is 32.9. The SMILES string of the molecule is CC(C)(C)OC(=O)Oc1ccc(S(=O)(=O)c2ccc(OC(=O)OC(C)(C)C)cc2-c2ccc(O)cc2)c(-c2ccc(O)cc2)c1. The summed E-state index contributed by atoms with van der Waals surface area (Å²) in [6.07, 6.45) is -1.94. The lowest BCUT2D eigenvalue weighted by atomic mass is 10.0. The largest absolute Gasteiger partial charge is 0.514 e. The van der Waals surface area contributed by atoms with Gasteiger partial charge in [-0.25, -0.2) is 18.0 Å². The number of hydrogen-bond acceptors (Lipinski definition) is 10. The molecule has 10 nitrogen and oxygen atoms in total. The Kier molecular flexibility index (Phi) is 9.15. The first-order valence-electron chi connectivity index (χ1n) is 13.8. The molecule has 0 unspecified atom stereocenters. The molecule has 0 atom stereocenters. The maximum atomic E-state index is 14.4. The molecule has 0 aliphatic heterocycles. The van der Waals surface area contributed by atoms with Crippen LogP contribution in [0.3, 0.4) is 0 Å². The number of sulfone groups is 1. The number of phenolic OH excluding ortho intramolecular Hbond substituents is 2. The molecule has 0 spiro atoms. The first-order valence-corrected chi connectivity index (χ1v) is 15.3. The van der Waals surface area contributed by atoms with E-state index in [9.17, 15) is 28.2 Å². The Balaban J connectivity index is 1.86. The van der Waals surface area contributed by atoms with E-state index < -0.39 is 33.4 Å². The smallest absolute Gasteiger partial charge is 0.508 e. The van der Waals surface area contributed by atoms with Gasteiger partial charge in [-0.15, -0.1) is 0 Å². The zero-order chi connectivity index (χ0) is 33.2. The molecule has 0 saturated heterocycles. The Morgan fingerprint density at radius 3 is 1.20 bits per heavy atom. The molecule has 0 saturated carbocycles. The summed E-state index contributed by atoms with van der Waals surface area (Å²) in [5, 5.41) is 19.7. The number of carbonyl (C=O) groups is 2. The lowest BCUT2D eigenvalue weighted by Crippen LogP contribution is -2.26. The zero-order valence-electron chi connectivity index (χ0n) is 25.7. The Hall–Kier alpha value is -5.03. The van der Waals surface area contributed by atoms with E-state index in [1.807, 2.05) is 0 Å². The summed E-state index contributed by atoms with van der Waals surface area (Å²) in [7, 11) is -4.33. The van der Waals surface area contributed by atoms with Crippen LogP contribution < -0.4 is 9.47 Å². The molecular formula is C34H34O10S. The fourth-order valence-corrected chi connectivity index (χ4v) is 5.86. The molecule has 2 N–H and O–H groups in total. The van der Waals surface area contributed by atoms with Gasteiger partial charge in [0.25, 0.3) is 0 Å². The van der Waals surface area contributed by atoms with Crippen LogP contribution in [0.25, 0.3) is 22.3 Å². The fourth-order valence-electron chi connectivity index (χ4n) is 4.20. The highest BCUT2D eigenvalue weighted by molar-refractivity contribution is 7.91. The van der Waals surface area contributed by atoms with Crippen molar-refractivity contribution in [2.45, 2.75) is 62.5 Å². The second-order valence-corrected chi connectivity index (χ2v) is 13.9. The van der Waals surface area contributed by atoms with E-state index in [1.165, 1.54) is 84.9 Å². The third-order valence-corrected chi connectivity index (χ3v) is 7.89. The Morgan fingerprint density at radius 1 is 0.556 bits per heavy atom. The molecule has 0 fully saturated rings. The van der Waals surface area contributed by atoms with Gasteiger partial charge in [0.05, 0.1) is 9.79 Å². The van der Waals surface area contributed by atoms with Crippen LogP contribution in [-0.2, 0) is 19.3 Å². The third kappa shape index (κ3) is 8.54. The minimum atomic E-state index is -4.33. The minimum absolute atomic E-state index is 0.0282. The highest BCUT2D eigenvalue weighted by atomic mass is 32.2. The van der Waals surface area contributed by atoms with Gasteiger partial charge in [0, 0.05) is 11.1 Å². The molecule has 45 heavy (non-hydrogen) atoms. The van der Waals surface area contributed by atoms with Crippen molar-refractivity contribution >= 4 is 22.1 Å². The number of benzene rings is 4. The molecule has 0 amide bonds. The Labute approximate surface area is 261 Å². The summed E-state index contributed by atoms with van der Waals surface area (Å²) in [6, 6.07) is 19.8. The molecule has 0 radical (unpaired) electrons. The van der Waals surface area contributed by atoms with Gasteiger partial charge in [-0.1, -0.05) is 24.3 Å². The number of ether oxygens (including phenoxy) is 4. The predicted octanol–water partition coefficient (Wildman–Crippen LogP) is 7.89. The molecule has 0 aliphatic rings. The van der Waals surface area contributed by atoms with Crippen LogP contribution in [0, 0.1) is 0 Å². The highest BCUT2D eigenvalue weighted by Gasteiger charge is 2.28. The molecule has 236 valence electrons. The van der Waals surface area contributed by atoms with Crippen molar-refractivity contribution in [1.29, 1.82) is 0 Å². The van der Waals surface area contributed by atoms with Gasteiger partial charge in [0.15, 0.2) is 0 Å². The maximum absolute atomic E-state index is 14.4. The molecule has 0 heterocycles. The van der Waals surface area contributed by atoms with E-state index in [4.69, 9.17) is 18.9 Å². The highest BCUT2D eigenvalue weighted by Crippen LogP contribution is 2.40. The molecule has 0 aliphatic carbocycles. The zero-order valence-corrected chi connectivity index (χ0v) is 26.5. The van der Waals surface area contributed by atoms with Crippen molar-refractivity contribution in [3.8, 4) is 45.3 Å². The van der Waals surface area contributed by atoms with Crippen LogP contribution in [0.4, 0.5) is 9.59 Å². The van der Waals surface area contributed by atoms with Crippen LogP contribution >= 0.6 is 0 Å². The minimum Gasteiger partial charge on any atom is -0.508 e. The van der Waals surface area contributed by atoms with E-state index in [-0.39, 0.29) is 43.9 Å². The fraction of sp³-hybridized carbons (Fsp3) is 0.235. The van der Waals surface area contributed by atoms with Crippen molar-refractivity contribution in [1.82, 2.24) is 0 Å². The summed E-state index contributed by atoms with van der Waals surface area (Å²) in [5.74, 6) is 0.0105. The Bertz CT molecular complexity index is 1680. The van der Waals surface area contributed by atoms with Crippen LogP contribution in [0.2, 0.25) is 0 Å². The van der Waals surface area contributed by atoms with Gasteiger partial charge < -0.3 is 29.2 Å². The summed E-state index contributed by atoms with van der Waals surface area (Å²) in [6.45, 7) is 10.1. The third-order valence-electron chi connectivity index (χ3n) is 6.02.